The number of nitrogens with zero attached hydrogens (tertiary/aromatic N) is 2. The van der Waals surface area contributed by atoms with Gasteiger partial charge in [0.25, 0.3) is 0 Å². The van der Waals surface area contributed by atoms with Crippen LogP contribution in [-0.4, -0.2) is 39.7 Å². The summed E-state index contributed by atoms with van der Waals surface area (Å²) in [7, 11) is 0. The maximum absolute atomic E-state index is 12.5. The van der Waals surface area contributed by atoms with Crippen molar-refractivity contribution in [1.29, 1.82) is 0 Å². The average molecular weight is 378 g/mol. The van der Waals surface area contributed by atoms with E-state index < -0.39 is 0 Å². The van der Waals surface area contributed by atoms with Gasteiger partial charge in [0.2, 0.25) is 5.91 Å². The summed E-state index contributed by atoms with van der Waals surface area (Å²) in [6.45, 7) is 1.61. The lowest BCUT2D eigenvalue weighted by Crippen LogP contribution is -2.38. The molecule has 0 radical (unpaired) electrons. The molecule has 1 N–H and O–H groups in total. The largest absolute Gasteiger partial charge is 0.508 e. The molecule has 4 rings (SSSR count). The van der Waals surface area contributed by atoms with Crippen molar-refractivity contribution < 1.29 is 9.90 Å². The Kier molecular flexibility index (Phi) is 5.30. The average Bonchev–Trinajstić information content (AvgIpc) is 2.73. The smallest absolute Gasteiger partial charge is 0.232 e. The monoisotopic (exact) mass is 378 g/mol. The van der Waals surface area contributed by atoms with Crippen molar-refractivity contribution in [3.63, 3.8) is 0 Å². The molecule has 1 aromatic heterocycles. The van der Waals surface area contributed by atoms with E-state index in [0.29, 0.717) is 11.7 Å². The van der Waals surface area contributed by atoms with Crippen LogP contribution in [0.4, 0.5) is 0 Å². The standard InChI is InChI=1S/C22H22N2O2S/c25-18-4-6-19(7-5-18)27-15-22(26)24-12-9-16(10-13-24)20-3-1-2-17-14-23-11-8-21(17)20/h1-8,11,14,16,25H,9-10,12-13,15H2. The van der Waals surface area contributed by atoms with Crippen LogP contribution in [0.15, 0.2) is 65.8 Å². The molecule has 1 saturated heterocycles. The molecule has 0 spiro atoms. The van der Waals surface area contributed by atoms with E-state index in [4.69, 9.17) is 0 Å². The third-order valence-electron chi connectivity index (χ3n) is 5.20. The van der Waals surface area contributed by atoms with Crippen molar-refractivity contribution in [2.45, 2.75) is 23.7 Å². The van der Waals surface area contributed by atoms with Crippen molar-refractivity contribution in [3.05, 3.63) is 66.5 Å². The van der Waals surface area contributed by atoms with Gasteiger partial charge in [0.05, 0.1) is 5.75 Å². The van der Waals surface area contributed by atoms with Gasteiger partial charge >= 0.3 is 0 Å². The molecule has 2 aromatic carbocycles. The van der Waals surface area contributed by atoms with Gasteiger partial charge in [-0.15, -0.1) is 11.8 Å². The Morgan fingerprint density at radius 2 is 1.89 bits per heavy atom. The zero-order valence-electron chi connectivity index (χ0n) is 15.0. The Labute approximate surface area is 163 Å². The summed E-state index contributed by atoms with van der Waals surface area (Å²) in [4.78, 5) is 19.7. The molecular weight excluding hydrogens is 356 g/mol. The zero-order chi connectivity index (χ0) is 18.6. The van der Waals surface area contributed by atoms with Crippen molar-refractivity contribution in [2.75, 3.05) is 18.8 Å². The predicted molar refractivity (Wildman–Crippen MR) is 109 cm³/mol. The van der Waals surface area contributed by atoms with Gasteiger partial charge < -0.3 is 10.0 Å². The van der Waals surface area contributed by atoms with Gasteiger partial charge in [0.1, 0.15) is 5.75 Å². The molecule has 2 heterocycles. The van der Waals surface area contributed by atoms with Crippen molar-refractivity contribution >= 4 is 28.4 Å². The number of thioether (sulfide) groups is 1. The number of hydrogen-bond donors (Lipinski definition) is 1. The van der Waals surface area contributed by atoms with Gasteiger partial charge in [-0.25, -0.2) is 0 Å². The van der Waals surface area contributed by atoms with E-state index in [2.05, 4.69) is 29.2 Å². The van der Waals surface area contributed by atoms with Crippen molar-refractivity contribution in [3.8, 4) is 5.75 Å². The first-order valence-electron chi connectivity index (χ1n) is 9.23. The number of piperidine rings is 1. The van der Waals surface area contributed by atoms with E-state index in [0.717, 1.165) is 30.8 Å². The topological polar surface area (TPSA) is 53.4 Å². The summed E-state index contributed by atoms with van der Waals surface area (Å²) in [5.41, 5.74) is 1.38. The number of aromatic nitrogens is 1. The van der Waals surface area contributed by atoms with E-state index in [1.165, 1.54) is 28.1 Å². The minimum Gasteiger partial charge on any atom is -0.508 e. The minimum absolute atomic E-state index is 0.189. The van der Waals surface area contributed by atoms with Crippen LogP contribution >= 0.6 is 11.8 Å². The van der Waals surface area contributed by atoms with Crippen LogP contribution in [0.25, 0.3) is 10.8 Å². The first-order chi connectivity index (χ1) is 13.2. The highest BCUT2D eigenvalue weighted by Gasteiger charge is 2.24. The highest BCUT2D eigenvalue weighted by atomic mass is 32.2. The number of amides is 1. The second kappa shape index (κ2) is 8.01. The van der Waals surface area contributed by atoms with E-state index in [-0.39, 0.29) is 11.7 Å². The van der Waals surface area contributed by atoms with Crippen LogP contribution in [0, 0.1) is 0 Å². The third kappa shape index (κ3) is 4.08. The van der Waals surface area contributed by atoms with Gasteiger partial charge in [-0.3, -0.25) is 9.78 Å². The van der Waals surface area contributed by atoms with Gasteiger partial charge in [-0.05, 0) is 60.0 Å². The lowest BCUT2D eigenvalue weighted by molar-refractivity contribution is -0.129. The lowest BCUT2D eigenvalue weighted by Gasteiger charge is -2.32. The number of phenolic OH excluding ortho intramolecular Hbond substituents is 1. The second-order valence-electron chi connectivity index (χ2n) is 6.88. The maximum atomic E-state index is 12.5. The SMILES string of the molecule is O=C(CSc1ccc(O)cc1)N1CCC(c2cccc3cnccc23)CC1. The Morgan fingerprint density at radius 3 is 2.67 bits per heavy atom. The van der Waals surface area contributed by atoms with Crippen LogP contribution < -0.4 is 0 Å². The quantitative estimate of drug-likeness (QED) is 0.682. The van der Waals surface area contributed by atoms with E-state index >= 15 is 0 Å². The summed E-state index contributed by atoms with van der Waals surface area (Å²) in [6, 6.07) is 15.5. The summed E-state index contributed by atoms with van der Waals surface area (Å²) < 4.78 is 0. The molecule has 1 aliphatic heterocycles. The van der Waals surface area contributed by atoms with Crippen molar-refractivity contribution in [2.24, 2.45) is 0 Å². The fourth-order valence-corrected chi connectivity index (χ4v) is 4.52. The van der Waals surface area contributed by atoms with E-state index in [1.807, 2.05) is 29.4 Å². The zero-order valence-corrected chi connectivity index (χ0v) is 15.9. The summed E-state index contributed by atoms with van der Waals surface area (Å²) >= 11 is 1.52. The number of fused-ring (bicyclic) bond motifs is 1. The van der Waals surface area contributed by atoms with Gasteiger partial charge in [-0.1, -0.05) is 18.2 Å². The number of likely N-dealkylation sites (tertiary alicyclic amines) is 1. The Balaban J connectivity index is 1.35. The minimum atomic E-state index is 0.189. The molecule has 0 atom stereocenters. The number of aromatic hydroxyl groups is 1. The normalized spacial score (nSPS) is 15.2. The second-order valence-corrected chi connectivity index (χ2v) is 7.93. The van der Waals surface area contributed by atoms with Crippen LogP contribution in [0.5, 0.6) is 5.75 Å². The first-order valence-corrected chi connectivity index (χ1v) is 10.2. The summed E-state index contributed by atoms with van der Waals surface area (Å²) in [5, 5.41) is 11.8. The highest BCUT2D eigenvalue weighted by Crippen LogP contribution is 2.33. The number of carbonyl (C=O) groups is 1. The van der Waals surface area contributed by atoms with Gasteiger partial charge in [0.15, 0.2) is 0 Å². The van der Waals surface area contributed by atoms with Gasteiger partial charge in [0, 0.05) is 35.8 Å². The fourth-order valence-electron chi connectivity index (χ4n) is 3.72. The Hall–Kier alpha value is -2.53. The van der Waals surface area contributed by atoms with Gasteiger partial charge in [-0.2, -0.15) is 0 Å². The number of benzene rings is 2. The molecule has 3 aromatic rings. The number of phenols is 1. The third-order valence-corrected chi connectivity index (χ3v) is 6.20. The first kappa shape index (κ1) is 17.9. The molecule has 0 bridgehead atoms. The molecule has 1 fully saturated rings. The molecule has 4 nitrogen and oxygen atoms in total. The molecule has 1 aliphatic rings. The predicted octanol–water partition coefficient (Wildman–Crippen LogP) is 4.44. The van der Waals surface area contributed by atoms with Crippen LogP contribution in [0.1, 0.15) is 24.3 Å². The van der Waals surface area contributed by atoms with Crippen LogP contribution in [0.3, 0.4) is 0 Å². The number of carbonyl (C=O) groups excluding carboxylic acids is 1. The fraction of sp³-hybridized carbons (Fsp3) is 0.273. The Morgan fingerprint density at radius 1 is 1.11 bits per heavy atom. The number of hydrogen-bond acceptors (Lipinski definition) is 4. The Bertz CT molecular complexity index is 929. The summed E-state index contributed by atoms with van der Waals surface area (Å²) in [6.07, 6.45) is 5.76. The maximum Gasteiger partial charge on any atom is 0.232 e. The molecule has 0 unspecified atom stereocenters. The molecule has 27 heavy (non-hydrogen) atoms. The van der Waals surface area contributed by atoms with Crippen molar-refractivity contribution in [1.82, 2.24) is 9.88 Å². The lowest BCUT2D eigenvalue weighted by atomic mass is 9.87. The molecule has 5 heteroatoms. The molecule has 0 saturated carbocycles. The van der Waals surface area contributed by atoms with Crippen LogP contribution in [0.2, 0.25) is 0 Å². The molecule has 1 amide bonds. The van der Waals surface area contributed by atoms with Crippen LogP contribution in [-0.2, 0) is 4.79 Å². The molecular formula is C22H22N2O2S. The molecule has 0 aliphatic carbocycles. The van der Waals surface area contributed by atoms with E-state index in [1.54, 1.807) is 12.1 Å². The summed E-state index contributed by atoms with van der Waals surface area (Å²) in [5.74, 6) is 1.37. The van der Waals surface area contributed by atoms with E-state index in [9.17, 15) is 9.90 Å². The highest BCUT2D eigenvalue weighted by molar-refractivity contribution is 8.00. The molecule has 138 valence electrons. The number of rotatable bonds is 4. The number of pyridine rings is 1.